The van der Waals surface area contributed by atoms with Gasteiger partial charge in [-0.25, -0.2) is 4.98 Å². The van der Waals surface area contributed by atoms with Gasteiger partial charge in [0.2, 0.25) is 0 Å². The van der Waals surface area contributed by atoms with Crippen LogP contribution in [0, 0.1) is 0 Å². The van der Waals surface area contributed by atoms with Gasteiger partial charge in [0.05, 0.1) is 6.61 Å². The summed E-state index contributed by atoms with van der Waals surface area (Å²) in [6.07, 6.45) is 2.32. The van der Waals surface area contributed by atoms with E-state index in [1.807, 2.05) is 0 Å². The van der Waals surface area contributed by atoms with Crippen LogP contribution in [0.2, 0.25) is 0 Å². The third kappa shape index (κ3) is 2.22. The molecule has 0 radical (unpaired) electrons. The van der Waals surface area contributed by atoms with Gasteiger partial charge in [-0.15, -0.1) is 0 Å². The maximum Gasteiger partial charge on any atom is 0.256 e. The summed E-state index contributed by atoms with van der Waals surface area (Å²) in [5.41, 5.74) is 1.55. The monoisotopic (exact) mass is 256 g/mol. The molecule has 1 amide bonds. The first-order valence-corrected chi connectivity index (χ1v) is 5.95. The fourth-order valence-electron chi connectivity index (χ4n) is 2.00. The second-order valence-corrected chi connectivity index (χ2v) is 4.25. The molecule has 96 valence electrons. The molecule has 0 atom stereocenters. The van der Waals surface area contributed by atoms with Crippen molar-refractivity contribution in [3.05, 3.63) is 47.7 Å². The molecule has 3 rings (SSSR count). The predicted octanol–water partition coefficient (Wildman–Crippen LogP) is 1.97. The van der Waals surface area contributed by atoms with E-state index < -0.39 is 0 Å². The number of aromatic hydroxyl groups is 1. The Morgan fingerprint density at radius 1 is 1.37 bits per heavy atom. The molecular weight excluding hydrogens is 244 g/mol. The van der Waals surface area contributed by atoms with E-state index in [1.165, 1.54) is 12.3 Å². The Bertz CT molecular complexity index is 640. The first-order chi connectivity index (χ1) is 9.24. The zero-order chi connectivity index (χ0) is 13.2. The van der Waals surface area contributed by atoms with Gasteiger partial charge in [0, 0.05) is 18.2 Å². The molecule has 0 spiro atoms. The summed E-state index contributed by atoms with van der Waals surface area (Å²) >= 11 is 0. The lowest BCUT2D eigenvalue weighted by atomic mass is 10.1. The highest BCUT2D eigenvalue weighted by atomic mass is 16.5. The minimum Gasteiger partial charge on any atom is -0.504 e. The lowest BCUT2D eigenvalue weighted by molar-refractivity contribution is 0.102. The molecule has 0 bridgehead atoms. The first kappa shape index (κ1) is 11.5. The van der Waals surface area contributed by atoms with Crippen molar-refractivity contribution in [1.82, 2.24) is 4.98 Å². The summed E-state index contributed by atoms with van der Waals surface area (Å²) in [5, 5.41) is 12.1. The summed E-state index contributed by atoms with van der Waals surface area (Å²) in [7, 11) is 0. The molecule has 1 aromatic carbocycles. The molecule has 1 aromatic heterocycles. The van der Waals surface area contributed by atoms with Gasteiger partial charge in [-0.1, -0.05) is 0 Å². The van der Waals surface area contributed by atoms with Crippen LogP contribution >= 0.6 is 0 Å². The highest BCUT2D eigenvalue weighted by Gasteiger charge is 2.16. The Morgan fingerprint density at radius 2 is 2.26 bits per heavy atom. The number of carbonyl (C=O) groups excluding carboxylic acids is 1. The van der Waals surface area contributed by atoms with Crippen molar-refractivity contribution >= 4 is 11.7 Å². The molecule has 5 nitrogen and oxygen atoms in total. The van der Waals surface area contributed by atoms with Gasteiger partial charge in [-0.3, -0.25) is 4.79 Å². The maximum atomic E-state index is 12.1. The van der Waals surface area contributed by atoms with E-state index >= 15 is 0 Å². The summed E-state index contributed by atoms with van der Waals surface area (Å²) in [6, 6.07) is 8.35. The van der Waals surface area contributed by atoms with Crippen LogP contribution in [0.25, 0.3) is 0 Å². The van der Waals surface area contributed by atoms with Gasteiger partial charge in [0.25, 0.3) is 5.91 Å². The van der Waals surface area contributed by atoms with Crippen molar-refractivity contribution in [2.75, 3.05) is 11.9 Å². The van der Waals surface area contributed by atoms with Crippen LogP contribution in [0.4, 0.5) is 5.82 Å². The number of fused-ring (bicyclic) bond motifs is 1. The largest absolute Gasteiger partial charge is 0.504 e. The van der Waals surface area contributed by atoms with E-state index in [0.717, 1.165) is 17.7 Å². The Labute approximate surface area is 109 Å². The van der Waals surface area contributed by atoms with Crippen LogP contribution < -0.4 is 10.1 Å². The zero-order valence-corrected chi connectivity index (χ0v) is 10.1. The van der Waals surface area contributed by atoms with E-state index in [0.29, 0.717) is 12.2 Å². The van der Waals surface area contributed by atoms with Crippen LogP contribution in [0.1, 0.15) is 15.9 Å². The number of amides is 1. The fraction of sp³-hybridized carbons (Fsp3) is 0.143. The number of benzene rings is 1. The van der Waals surface area contributed by atoms with E-state index in [2.05, 4.69) is 10.3 Å². The van der Waals surface area contributed by atoms with Gasteiger partial charge in [0.15, 0.2) is 11.6 Å². The minimum atomic E-state index is -0.302. The highest BCUT2D eigenvalue weighted by molar-refractivity contribution is 6.04. The molecule has 0 unspecified atom stereocenters. The summed E-state index contributed by atoms with van der Waals surface area (Å²) < 4.78 is 5.39. The maximum absolute atomic E-state index is 12.1. The van der Waals surface area contributed by atoms with Crippen LogP contribution in [-0.4, -0.2) is 22.6 Å². The van der Waals surface area contributed by atoms with E-state index in [1.54, 1.807) is 24.3 Å². The number of anilines is 1. The van der Waals surface area contributed by atoms with Crippen molar-refractivity contribution in [3.63, 3.8) is 0 Å². The first-order valence-electron chi connectivity index (χ1n) is 5.95. The smallest absolute Gasteiger partial charge is 0.256 e. The quantitative estimate of drug-likeness (QED) is 0.861. The molecule has 2 aromatic rings. The number of ether oxygens (including phenoxy) is 1. The third-order valence-electron chi connectivity index (χ3n) is 2.97. The van der Waals surface area contributed by atoms with Gasteiger partial charge in [0.1, 0.15) is 5.75 Å². The highest BCUT2D eigenvalue weighted by Crippen LogP contribution is 2.26. The Hall–Kier alpha value is -2.56. The second kappa shape index (κ2) is 4.61. The molecule has 2 heterocycles. The van der Waals surface area contributed by atoms with Crippen molar-refractivity contribution < 1.29 is 14.6 Å². The number of nitrogens with zero attached hydrogens (tertiary/aromatic N) is 1. The zero-order valence-electron chi connectivity index (χ0n) is 10.1. The molecule has 2 N–H and O–H groups in total. The Balaban J connectivity index is 1.83. The third-order valence-corrected chi connectivity index (χ3v) is 2.97. The molecule has 0 saturated carbocycles. The Morgan fingerprint density at radius 3 is 3.11 bits per heavy atom. The molecule has 0 saturated heterocycles. The molecule has 19 heavy (non-hydrogen) atoms. The fourth-order valence-corrected chi connectivity index (χ4v) is 2.00. The summed E-state index contributed by atoms with van der Waals surface area (Å²) in [4.78, 5) is 16.0. The van der Waals surface area contributed by atoms with Gasteiger partial charge < -0.3 is 15.2 Å². The predicted molar refractivity (Wildman–Crippen MR) is 69.5 cm³/mol. The molecule has 0 fully saturated rings. The molecule has 5 heteroatoms. The molecule has 0 aliphatic carbocycles. The standard InChI is InChI=1S/C14H12N2O3/c17-11-2-1-6-15-13(11)16-14(18)10-3-4-12-9(8-10)5-7-19-12/h1-4,6,8,17H,5,7H2,(H,15,16,18). The molecule has 1 aliphatic rings. The second-order valence-electron chi connectivity index (χ2n) is 4.25. The summed E-state index contributed by atoms with van der Waals surface area (Å²) in [5.74, 6) is 0.630. The number of rotatable bonds is 2. The van der Waals surface area contributed by atoms with Crippen LogP contribution in [0.5, 0.6) is 11.5 Å². The van der Waals surface area contributed by atoms with Gasteiger partial charge in [-0.05, 0) is 35.9 Å². The number of pyridine rings is 1. The van der Waals surface area contributed by atoms with Crippen molar-refractivity contribution in [1.29, 1.82) is 0 Å². The number of hydrogen-bond acceptors (Lipinski definition) is 4. The van der Waals surface area contributed by atoms with Crippen molar-refractivity contribution in [3.8, 4) is 11.5 Å². The van der Waals surface area contributed by atoms with Crippen LogP contribution in [0.15, 0.2) is 36.5 Å². The Kier molecular flexibility index (Phi) is 2.79. The van der Waals surface area contributed by atoms with E-state index in [4.69, 9.17) is 4.74 Å². The molecule has 1 aliphatic heterocycles. The average molecular weight is 256 g/mol. The number of carbonyl (C=O) groups is 1. The van der Waals surface area contributed by atoms with E-state index in [-0.39, 0.29) is 17.5 Å². The van der Waals surface area contributed by atoms with Gasteiger partial charge >= 0.3 is 0 Å². The summed E-state index contributed by atoms with van der Waals surface area (Å²) in [6.45, 7) is 0.654. The van der Waals surface area contributed by atoms with Crippen LogP contribution in [0.3, 0.4) is 0 Å². The van der Waals surface area contributed by atoms with Gasteiger partial charge in [-0.2, -0.15) is 0 Å². The van der Waals surface area contributed by atoms with E-state index in [9.17, 15) is 9.90 Å². The lowest BCUT2D eigenvalue weighted by Crippen LogP contribution is -2.13. The topological polar surface area (TPSA) is 71.5 Å². The number of aromatic nitrogens is 1. The SMILES string of the molecule is O=C(Nc1ncccc1O)c1ccc2c(c1)CCO2. The number of hydrogen-bond donors (Lipinski definition) is 2. The average Bonchev–Trinajstić information content (AvgIpc) is 2.88. The van der Waals surface area contributed by atoms with Crippen LogP contribution in [-0.2, 0) is 6.42 Å². The normalized spacial score (nSPS) is 12.6. The lowest BCUT2D eigenvalue weighted by Gasteiger charge is -2.07. The van der Waals surface area contributed by atoms with Crippen molar-refractivity contribution in [2.45, 2.75) is 6.42 Å². The molecular formula is C14H12N2O3. The number of nitrogens with one attached hydrogen (secondary N) is 1. The van der Waals surface area contributed by atoms with Crippen molar-refractivity contribution in [2.24, 2.45) is 0 Å². The minimum absolute atomic E-state index is 0.0552.